The molecule has 0 aliphatic carbocycles. The average molecular weight is 902 g/mol. The average Bonchev–Trinajstić information content (AvgIpc) is 3.79. The largest absolute Gasteiger partial charge is 0.309 e. The van der Waals surface area contributed by atoms with Crippen LogP contribution in [0.15, 0.2) is 261 Å². The predicted molar refractivity (Wildman–Crippen MR) is 299 cm³/mol. The highest BCUT2D eigenvalue weighted by molar-refractivity contribution is 6.30. The molecule has 0 fully saturated rings. The van der Waals surface area contributed by atoms with Gasteiger partial charge in [0.1, 0.15) is 0 Å². The Morgan fingerprint density at radius 1 is 0.268 bits per heavy atom. The van der Waals surface area contributed by atoms with Gasteiger partial charge in [-0.25, -0.2) is 9.97 Å². The fraction of sp³-hybridized carbons (Fsp3) is 0. The van der Waals surface area contributed by atoms with Gasteiger partial charge in [0.2, 0.25) is 0 Å². The Morgan fingerprint density at radius 2 is 0.761 bits per heavy atom. The summed E-state index contributed by atoms with van der Waals surface area (Å²) >= 11 is 0. The molecule has 0 aliphatic heterocycles. The molecule has 0 N–H and O–H groups in total. The predicted octanol–water partition coefficient (Wildman–Crippen LogP) is 18.2. The van der Waals surface area contributed by atoms with Crippen molar-refractivity contribution in [2.45, 2.75) is 0 Å². The van der Waals surface area contributed by atoms with Crippen LogP contribution in [-0.4, -0.2) is 14.5 Å². The monoisotopic (exact) mass is 901 g/mol. The lowest BCUT2D eigenvalue weighted by atomic mass is 9.93. The van der Waals surface area contributed by atoms with E-state index in [1.54, 1.807) is 0 Å². The van der Waals surface area contributed by atoms with E-state index in [4.69, 9.17) is 9.97 Å². The van der Waals surface area contributed by atoms with Gasteiger partial charge in [-0.3, -0.25) is 0 Å². The number of fused-ring (bicyclic) bond motifs is 9. The highest BCUT2D eigenvalue weighted by Gasteiger charge is 2.22. The Bertz CT molecular complexity index is 4310. The summed E-state index contributed by atoms with van der Waals surface area (Å²) in [7, 11) is 0. The molecule has 0 spiro atoms. The smallest absolute Gasteiger partial charge is 0.161 e. The zero-order valence-corrected chi connectivity index (χ0v) is 38.7. The maximum absolute atomic E-state index is 5.49. The van der Waals surface area contributed by atoms with E-state index < -0.39 is 0 Å². The maximum atomic E-state index is 5.49. The molecule has 14 aromatic rings. The summed E-state index contributed by atoms with van der Waals surface area (Å²) in [6.07, 6.45) is 0. The molecule has 2 aromatic heterocycles. The molecule has 0 aliphatic rings. The summed E-state index contributed by atoms with van der Waals surface area (Å²) < 4.78 is 2.49. The van der Waals surface area contributed by atoms with E-state index in [2.05, 4.69) is 265 Å². The summed E-state index contributed by atoms with van der Waals surface area (Å²) in [5.41, 5.74) is 16.8. The number of rotatable bonds is 7. The quantitative estimate of drug-likeness (QED) is 0.160. The maximum Gasteiger partial charge on any atom is 0.161 e. The van der Waals surface area contributed by atoms with Crippen molar-refractivity contribution in [3.05, 3.63) is 261 Å². The minimum atomic E-state index is 0.694. The fourth-order valence-electron chi connectivity index (χ4n) is 11.1. The van der Waals surface area contributed by atoms with Gasteiger partial charge in [0.25, 0.3) is 0 Å². The lowest BCUT2D eigenvalue weighted by Crippen LogP contribution is -1.99. The number of benzene rings is 12. The van der Waals surface area contributed by atoms with Crippen LogP contribution in [0.25, 0.3) is 138 Å². The SMILES string of the molecule is c1ccc(-c2cc(-c3ccccc3)cc(-c3ccc(-c4nc(-c5ccc(-n6c7ccc8ccccc8c7c7c8ccccc8c(-c8ccccc8)cc76)c6ccccc56)nc5ccccc45)cc3)c2)cc1. The van der Waals surface area contributed by atoms with Gasteiger partial charge < -0.3 is 4.57 Å². The van der Waals surface area contributed by atoms with Crippen molar-refractivity contribution in [2.24, 2.45) is 0 Å². The first-order valence-electron chi connectivity index (χ1n) is 24.3. The summed E-state index contributed by atoms with van der Waals surface area (Å²) in [6.45, 7) is 0. The Morgan fingerprint density at radius 3 is 1.42 bits per heavy atom. The van der Waals surface area contributed by atoms with Crippen molar-refractivity contribution >= 4 is 65.0 Å². The van der Waals surface area contributed by atoms with Crippen LogP contribution >= 0.6 is 0 Å². The van der Waals surface area contributed by atoms with E-state index in [9.17, 15) is 0 Å². The molecule has 330 valence electrons. The molecule has 0 radical (unpaired) electrons. The minimum absolute atomic E-state index is 0.694. The van der Waals surface area contributed by atoms with Crippen LogP contribution in [0.4, 0.5) is 0 Å². The van der Waals surface area contributed by atoms with Crippen LogP contribution in [0.2, 0.25) is 0 Å². The normalized spacial score (nSPS) is 11.7. The van der Waals surface area contributed by atoms with E-state index in [1.165, 1.54) is 76.7 Å². The molecular weight excluding hydrogens is 859 g/mol. The standard InChI is InChI=1S/C68H43N3/c1-4-18-44(19-5-1)50-40-51(45-20-6-2-7-21-45)42-52(41-50)46-32-34-49(35-33-46)67-59-30-16-17-31-61(59)69-68(70-67)58-37-39-62(56-28-14-12-26-54(56)58)71-63-38-36-48-24-10-11-25-53(48)65(63)66-57-29-15-13-27-55(57)60(43-64(66)71)47-22-8-3-9-23-47/h1-43H. The third kappa shape index (κ3) is 6.82. The molecule has 2 heterocycles. The molecule has 12 aromatic carbocycles. The van der Waals surface area contributed by atoms with Crippen molar-refractivity contribution in [1.82, 2.24) is 14.5 Å². The van der Waals surface area contributed by atoms with Crippen molar-refractivity contribution in [2.75, 3.05) is 0 Å². The second kappa shape index (κ2) is 16.7. The number of hydrogen-bond donors (Lipinski definition) is 0. The molecule has 71 heavy (non-hydrogen) atoms. The van der Waals surface area contributed by atoms with Crippen LogP contribution in [0.5, 0.6) is 0 Å². The number of nitrogens with zero attached hydrogens (tertiary/aromatic N) is 3. The van der Waals surface area contributed by atoms with Gasteiger partial charge in [-0.2, -0.15) is 0 Å². The van der Waals surface area contributed by atoms with Crippen LogP contribution in [0.1, 0.15) is 0 Å². The van der Waals surface area contributed by atoms with E-state index in [-0.39, 0.29) is 0 Å². The number of hydrogen-bond acceptors (Lipinski definition) is 2. The van der Waals surface area contributed by atoms with E-state index in [1.807, 2.05) is 0 Å². The summed E-state index contributed by atoms with van der Waals surface area (Å²) in [5.74, 6) is 0.694. The fourth-order valence-corrected chi connectivity index (χ4v) is 11.1. The van der Waals surface area contributed by atoms with Gasteiger partial charge >= 0.3 is 0 Å². The van der Waals surface area contributed by atoms with E-state index >= 15 is 0 Å². The van der Waals surface area contributed by atoms with Gasteiger partial charge in [0, 0.05) is 32.7 Å². The molecule has 0 amide bonds. The molecule has 0 bridgehead atoms. The highest BCUT2D eigenvalue weighted by Crippen LogP contribution is 2.46. The molecule has 3 nitrogen and oxygen atoms in total. The Labute approximate surface area is 411 Å². The van der Waals surface area contributed by atoms with Gasteiger partial charge in [-0.15, -0.1) is 0 Å². The minimum Gasteiger partial charge on any atom is -0.309 e. The zero-order chi connectivity index (χ0) is 46.8. The van der Waals surface area contributed by atoms with E-state index in [0.29, 0.717) is 5.82 Å². The number of para-hydroxylation sites is 1. The van der Waals surface area contributed by atoms with Crippen LogP contribution in [0.3, 0.4) is 0 Å². The highest BCUT2D eigenvalue weighted by atomic mass is 15.0. The molecule has 3 heteroatoms. The van der Waals surface area contributed by atoms with Gasteiger partial charge in [0.15, 0.2) is 5.82 Å². The first-order chi connectivity index (χ1) is 35.2. The molecule has 14 rings (SSSR count). The van der Waals surface area contributed by atoms with Crippen molar-refractivity contribution < 1.29 is 0 Å². The Hall–Kier alpha value is -9.44. The van der Waals surface area contributed by atoms with Crippen LogP contribution in [-0.2, 0) is 0 Å². The summed E-state index contributed by atoms with van der Waals surface area (Å²) in [6, 6.07) is 94.2. The Balaban J connectivity index is 0.941. The molecule has 0 saturated carbocycles. The van der Waals surface area contributed by atoms with Gasteiger partial charge in [-0.1, -0.05) is 212 Å². The summed E-state index contributed by atoms with van der Waals surface area (Å²) in [5, 5.41) is 10.7. The lowest BCUT2D eigenvalue weighted by molar-refractivity contribution is 1.19. The summed E-state index contributed by atoms with van der Waals surface area (Å²) in [4.78, 5) is 10.8. The topological polar surface area (TPSA) is 30.7 Å². The molecule has 0 unspecified atom stereocenters. The Kier molecular flexibility index (Phi) is 9.53. The van der Waals surface area contributed by atoms with Crippen molar-refractivity contribution in [3.8, 4) is 72.8 Å². The van der Waals surface area contributed by atoms with Crippen molar-refractivity contribution in [1.29, 1.82) is 0 Å². The second-order valence-electron chi connectivity index (χ2n) is 18.4. The lowest BCUT2D eigenvalue weighted by Gasteiger charge is -2.16. The molecular formula is C68H43N3. The second-order valence-corrected chi connectivity index (χ2v) is 18.4. The molecule has 0 saturated heterocycles. The number of aromatic nitrogens is 3. The zero-order valence-electron chi connectivity index (χ0n) is 38.7. The van der Waals surface area contributed by atoms with E-state index in [0.717, 1.165) is 55.3 Å². The third-order valence-corrected chi connectivity index (χ3v) is 14.4. The van der Waals surface area contributed by atoms with Crippen LogP contribution in [0, 0.1) is 0 Å². The van der Waals surface area contributed by atoms with Crippen LogP contribution < -0.4 is 0 Å². The molecule has 0 atom stereocenters. The third-order valence-electron chi connectivity index (χ3n) is 14.4. The van der Waals surface area contributed by atoms with Gasteiger partial charge in [-0.05, 0) is 120 Å². The van der Waals surface area contributed by atoms with Gasteiger partial charge in [0.05, 0.1) is 27.9 Å². The first kappa shape index (κ1) is 40.6. The first-order valence-corrected chi connectivity index (χ1v) is 24.3. The van der Waals surface area contributed by atoms with Crippen molar-refractivity contribution in [3.63, 3.8) is 0 Å².